The van der Waals surface area contributed by atoms with Crippen LogP contribution >= 0.6 is 11.3 Å². The van der Waals surface area contributed by atoms with Crippen LogP contribution in [0.15, 0.2) is 35.7 Å². The van der Waals surface area contributed by atoms with E-state index in [1.54, 1.807) is 30.5 Å². The third kappa shape index (κ3) is 12.0. The molecule has 218 valence electrons. The molecule has 7 nitrogen and oxygen atoms in total. The maximum Gasteiger partial charge on any atom is 0.242 e. The Morgan fingerprint density at radius 3 is 2.36 bits per heavy atom. The monoisotopic (exact) mass is 560 g/mol. The van der Waals surface area contributed by atoms with Gasteiger partial charge in [0.2, 0.25) is 11.8 Å². The van der Waals surface area contributed by atoms with Crippen molar-refractivity contribution in [3.63, 3.8) is 0 Å². The van der Waals surface area contributed by atoms with Crippen LogP contribution in [0, 0.1) is 11.3 Å². The summed E-state index contributed by atoms with van der Waals surface area (Å²) in [5, 5.41) is 2.02. The van der Waals surface area contributed by atoms with E-state index in [-0.39, 0.29) is 29.7 Å². The van der Waals surface area contributed by atoms with Gasteiger partial charge in [0, 0.05) is 37.6 Å². The Balaban J connectivity index is 2.15. The molecule has 1 heterocycles. The summed E-state index contributed by atoms with van der Waals surface area (Å²) < 4.78 is 16.3. The summed E-state index contributed by atoms with van der Waals surface area (Å²) in [6.45, 7) is 13.5. The van der Waals surface area contributed by atoms with Gasteiger partial charge in [-0.05, 0) is 66.7 Å². The molecule has 1 aromatic heterocycles. The normalized spacial score (nSPS) is 12.2. The molecule has 0 aliphatic rings. The van der Waals surface area contributed by atoms with Crippen molar-refractivity contribution in [1.29, 1.82) is 0 Å². The Bertz CT molecular complexity index is 1000. The Morgan fingerprint density at radius 2 is 1.74 bits per heavy atom. The number of methoxy groups -OCH3 is 2. The third-order valence-electron chi connectivity index (χ3n) is 6.48. The fourth-order valence-corrected chi connectivity index (χ4v) is 5.50. The predicted octanol–water partition coefficient (Wildman–Crippen LogP) is 6.05. The molecule has 0 radical (unpaired) electrons. The lowest BCUT2D eigenvalue weighted by atomic mass is 9.84. The first-order valence-corrected chi connectivity index (χ1v) is 14.8. The number of hydrogen-bond donors (Lipinski definition) is 0. The molecule has 0 saturated carbocycles. The molecule has 2 rings (SSSR count). The van der Waals surface area contributed by atoms with Crippen LogP contribution in [-0.2, 0) is 27.3 Å². The van der Waals surface area contributed by atoms with Gasteiger partial charge in [-0.15, -0.1) is 11.3 Å². The molecule has 1 atom stereocenters. The van der Waals surface area contributed by atoms with E-state index in [0.717, 1.165) is 16.9 Å². The highest BCUT2D eigenvalue weighted by Crippen LogP contribution is 2.28. The number of rotatable bonds is 17. The number of thiophene rings is 1. The molecular weight excluding hydrogens is 512 g/mol. The van der Waals surface area contributed by atoms with E-state index in [1.165, 1.54) is 0 Å². The van der Waals surface area contributed by atoms with Gasteiger partial charge in [-0.3, -0.25) is 9.59 Å². The van der Waals surface area contributed by atoms with E-state index >= 15 is 0 Å². The second kappa shape index (κ2) is 16.5. The highest BCUT2D eigenvalue weighted by molar-refractivity contribution is 7.09. The van der Waals surface area contributed by atoms with E-state index < -0.39 is 0 Å². The molecule has 0 aliphatic carbocycles. The van der Waals surface area contributed by atoms with Crippen molar-refractivity contribution in [3.05, 3.63) is 46.2 Å². The molecule has 2 aromatic rings. The van der Waals surface area contributed by atoms with Crippen LogP contribution in [0.25, 0.3) is 0 Å². The molecule has 0 bridgehead atoms. The quantitative estimate of drug-likeness (QED) is 0.220. The van der Waals surface area contributed by atoms with Gasteiger partial charge in [0.1, 0.15) is 0 Å². The van der Waals surface area contributed by atoms with Crippen molar-refractivity contribution in [3.8, 4) is 11.5 Å². The van der Waals surface area contributed by atoms with E-state index in [0.29, 0.717) is 63.6 Å². The van der Waals surface area contributed by atoms with Gasteiger partial charge < -0.3 is 24.0 Å². The average Bonchev–Trinajstić information content (AvgIpc) is 3.40. The molecule has 0 saturated heterocycles. The van der Waals surface area contributed by atoms with Crippen LogP contribution in [0.3, 0.4) is 0 Å². The average molecular weight is 561 g/mol. The van der Waals surface area contributed by atoms with Gasteiger partial charge in [-0.2, -0.15) is 0 Å². The summed E-state index contributed by atoms with van der Waals surface area (Å²) >= 11 is 1.63. The van der Waals surface area contributed by atoms with Gasteiger partial charge in [0.15, 0.2) is 11.5 Å². The van der Waals surface area contributed by atoms with E-state index in [4.69, 9.17) is 14.2 Å². The van der Waals surface area contributed by atoms with E-state index in [1.807, 2.05) is 47.5 Å². The number of benzene rings is 1. The van der Waals surface area contributed by atoms with Crippen LogP contribution in [0.1, 0.15) is 64.3 Å². The summed E-state index contributed by atoms with van der Waals surface area (Å²) in [5.41, 5.74) is 1.20. The number of carbonyl (C=O) groups is 2. The van der Waals surface area contributed by atoms with Crippen LogP contribution in [0.5, 0.6) is 11.5 Å². The molecule has 0 aliphatic heterocycles. The Labute approximate surface area is 239 Å². The fraction of sp³-hybridized carbons (Fsp3) is 0.613. The van der Waals surface area contributed by atoms with Crippen LogP contribution in [-0.4, -0.2) is 68.7 Å². The lowest BCUT2D eigenvalue weighted by Crippen LogP contribution is -2.44. The summed E-state index contributed by atoms with van der Waals surface area (Å²) in [7, 11) is 3.23. The fourth-order valence-electron chi connectivity index (χ4n) is 4.78. The smallest absolute Gasteiger partial charge is 0.242 e. The Morgan fingerprint density at radius 1 is 1.00 bits per heavy atom. The standard InChI is InChI=1S/C31H48N2O5S/c1-8-38-17-10-15-32(29(34)19-24(2)21-31(3,4)5)23-30(35)33(22-26-11-9-18-39-26)16-14-25-12-13-27(36-6)28(20-25)37-7/h9,11-13,18,20,24H,8,10,14-17,19,21-23H2,1-7H3. The maximum absolute atomic E-state index is 13.7. The predicted molar refractivity (Wildman–Crippen MR) is 159 cm³/mol. The van der Waals surface area contributed by atoms with Crippen molar-refractivity contribution in [2.24, 2.45) is 11.3 Å². The topological polar surface area (TPSA) is 68.3 Å². The van der Waals surface area contributed by atoms with E-state index in [9.17, 15) is 9.59 Å². The summed E-state index contributed by atoms with van der Waals surface area (Å²) in [6.07, 6.45) is 2.76. The molecule has 0 N–H and O–H groups in total. The van der Waals surface area contributed by atoms with Gasteiger partial charge in [-0.1, -0.05) is 39.8 Å². The zero-order valence-corrected chi connectivity index (χ0v) is 25.8. The summed E-state index contributed by atoms with van der Waals surface area (Å²) in [6, 6.07) is 9.87. The highest BCUT2D eigenvalue weighted by Gasteiger charge is 2.25. The summed E-state index contributed by atoms with van der Waals surface area (Å²) in [4.78, 5) is 31.8. The minimum absolute atomic E-state index is 0.0348. The first-order valence-electron chi connectivity index (χ1n) is 13.9. The zero-order chi connectivity index (χ0) is 28.8. The summed E-state index contributed by atoms with van der Waals surface area (Å²) in [5.74, 6) is 1.58. The van der Waals surface area contributed by atoms with Crippen molar-refractivity contribution >= 4 is 23.2 Å². The van der Waals surface area contributed by atoms with Crippen LogP contribution in [0.2, 0.25) is 0 Å². The maximum atomic E-state index is 13.7. The number of ether oxygens (including phenoxy) is 3. The Kier molecular flexibility index (Phi) is 13.8. The number of nitrogens with zero attached hydrogens (tertiary/aromatic N) is 2. The molecule has 0 spiro atoms. The number of carbonyl (C=O) groups excluding carboxylic acids is 2. The molecule has 2 amide bonds. The molecule has 1 aromatic carbocycles. The van der Waals surface area contributed by atoms with Gasteiger partial charge in [-0.25, -0.2) is 0 Å². The third-order valence-corrected chi connectivity index (χ3v) is 7.34. The molecule has 0 fully saturated rings. The van der Waals surface area contributed by atoms with Crippen molar-refractivity contribution in [1.82, 2.24) is 9.80 Å². The number of amides is 2. The second-order valence-electron chi connectivity index (χ2n) is 11.3. The molecular formula is C31H48N2O5S. The molecule has 1 unspecified atom stereocenters. The molecule has 39 heavy (non-hydrogen) atoms. The van der Waals surface area contributed by atoms with Gasteiger partial charge in [0.05, 0.1) is 27.3 Å². The van der Waals surface area contributed by atoms with Crippen LogP contribution < -0.4 is 9.47 Å². The largest absolute Gasteiger partial charge is 0.493 e. The van der Waals surface area contributed by atoms with Crippen LogP contribution in [0.4, 0.5) is 0 Å². The van der Waals surface area contributed by atoms with E-state index in [2.05, 4.69) is 27.7 Å². The lowest BCUT2D eigenvalue weighted by molar-refractivity contribution is -0.141. The second-order valence-corrected chi connectivity index (χ2v) is 12.3. The van der Waals surface area contributed by atoms with Gasteiger partial charge in [0.25, 0.3) is 0 Å². The van der Waals surface area contributed by atoms with Crippen molar-refractivity contribution in [2.45, 2.75) is 66.8 Å². The Hall–Kier alpha value is -2.58. The minimum atomic E-state index is -0.0443. The highest BCUT2D eigenvalue weighted by atomic mass is 32.1. The van der Waals surface area contributed by atoms with Gasteiger partial charge >= 0.3 is 0 Å². The van der Waals surface area contributed by atoms with Crippen molar-refractivity contribution in [2.75, 3.05) is 47.1 Å². The SMILES string of the molecule is CCOCCCN(CC(=O)N(CCc1ccc(OC)c(OC)c1)Cc1cccs1)C(=O)CC(C)CC(C)(C)C. The zero-order valence-electron chi connectivity index (χ0n) is 25.0. The lowest BCUT2D eigenvalue weighted by Gasteiger charge is -2.29. The first-order chi connectivity index (χ1) is 18.6. The minimum Gasteiger partial charge on any atom is -0.493 e. The van der Waals surface area contributed by atoms with Crippen molar-refractivity contribution < 1.29 is 23.8 Å². The first kappa shape index (κ1) is 32.6. The number of hydrogen-bond acceptors (Lipinski definition) is 6. The molecule has 8 heteroatoms.